The molecule has 0 radical (unpaired) electrons. The van der Waals surface area contributed by atoms with Gasteiger partial charge in [-0.15, -0.1) is 0 Å². The zero-order valence-corrected chi connectivity index (χ0v) is 14.5. The van der Waals surface area contributed by atoms with Crippen LogP contribution in [-0.2, 0) is 14.4 Å². The first-order valence-electron chi connectivity index (χ1n) is 8.28. The normalized spacial score (nSPS) is 23.5. The lowest BCUT2D eigenvalue weighted by molar-refractivity contribution is -0.140. The van der Waals surface area contributed by atoms with Crippen LogP contribution in [0.2, 0.25) is 0 Å². The maximum absolute atomic E-state index is 12.5. The Morgan fingerprint density at radius 2 is 1.80 bits per heavy atom. The fourth-order valence-corrected chi connectivity index (χ4v) is 3.27. The van der Waals surface area contributed by atoms with E-state index in [-0.39, 0.29) is 17.7 Å². The molecule has 7 heteroatoms. The number of anilines is 2. The summed E-state index contributed by atoms with van der Waals surface area (Å²) in [4.78, 5) is 35.7. The Labute approximate surface area is 145 Å². The van der Waals surface area contributed by atoms with Crippen molar-refractivity contribution in [3.63, 3.8) is 0 Å². The Morgan fingerprint density at radius 1 is 1.12 bits per heavy atom. The molecule has 0 unspecified atom stereocenters. The maximum atomic E-state index is 12.5. The van der Waals surface area contributed by atoms with E-state index in [9.17, 15) is 19.5 Å². The predicted octanol–water partition coefficient (Wildman–Crippen LogP) is 2.34. The van der Waals surface area contributed by atoms with Crippen LogP contribution >= 0.6 is 0 Å². The maximum Gasteiger partial charge on any atom is 0.307 e. The minimum atomic E-state index is -0.970. The van der Waals surface area contributed by atoms with Gasteiger partial charge in [0.2, 0.25) is 11.8 Å². The van der Waals surface area contributed by atoms with Crippen molar-refractivity contribution in [1.82, 2.24) is 0 Å². The van der Waals surface area contributed by atoms with Gasteiger partial charge >= 0.3 is 5.97 Å². The van der Waals surface area contributed by atoms with Crippen LogP contribution in [0.4, 0.5) is 11.4 Å². The lowest BCUT2D eigenvalue weighted by Crippen LogP contribution is -2.19. The zero-order chi connectivity index (χ0) is 18.4. The van der Waals surface area contributed by atoms with Crippen LogP contribution in [0.3, 0.4) is 0 Å². The number of nitrogens with one attached hydrogen (secondary N) is 2. The summed E-state index contributed by atoms with van der Waals surface area (Å²) in [6, 6.07) is 4.99. The molecule has 0 spiro atoms. The van der Waals surface area contributed by atoms with E-state index in [1.54, 1.807) is 32.0 Å². The minimum Gasteiger partial charge on any atom is -0.495 e. The highest BCUT2D eigenvalue weighted by Crippen LogP contribution is 2.58. The Balaban J connectivity index is 1.75. The number of carbonyl (C=O) groups is 3. The van der Waals surface area contributed by atoms with E-state index in [2.05, 4.69) is 10.6 Å². The molecule has 0 saturated heterocycles. The molecule has 0 aromatic heterocycles. The van der Waals surface area contributed by atoms with Gasteiger partial charge in [0, 0.05) is 11.6 Å². The van der Waals surface area contributed by atoms with E-state index in [1.165, 1.54) is 7.11 Å². The molecule has 3 rings (SSSR count). The molecular weight excluding hydrogens is 324 g/mol. The molecular formula is C18H22N2O5. The van der Waals surface area contributed by atoms with Gasteiger partial charge in [-0.25, -0.2) is 0 Å². The molecule has 1 aromatic rings. The first-order valence-corrected chi connectivity index (χ1v) is 8.28. The van der Waals surface area contributed by atoms with Crippen molar-refractivity contribution in [3.8, 4) is 5.75 Å². The molecule has 2 atom stereocenters. The second-order valence-electron chi connectivity index (χ2n) is 7.28. The average molecular weight is 346 g/mol. The molecule has 0 heterocycles. The first-order chi connectivity index (χ1) is 11.8. The third-order valence-corrected chi connectivity index (χ3v) is 5.05. The predicted molar refractivity (Wildman–Crippen MR) is 91.4 cm³/mol. The highest BCUT2D eigenvalue weighted by Gasteiger charge is 2.65. The van der Waals surface area contributed by atoms with Gasteiger partial charge in [-0.1, -0.05) is 13.8 Å². The van der Waals surface area contributed by atoms with Gasteiger partial charge in [-0.3, -0.25) is 14.4 Å². The summed E-state index contributed by atoms with van der Waals surface area (Å²) in [5, 5.41) is 14.8. The first kappa shape index (κ1) is 17.3. The number of carbonyl (C=O) groups excluding carboxylic acids is 2. The molecule has 2 saturated carbocycles. The van der Waals surface area contributed by atoms with Gasteiger partial charge in [-0.05, 0) is 36.5 Å². The van der Waals surface area contributed by atoms with Crippen LogP contribution in [-0.4, -0.2) is 30.0 Å². The highest BCUT2D eigenvalue weighted by atomic mass is 16.5. The van der Waals surface area contributed by atoms with Gasteiger partial charge in [-0.2, -0.15) is 0 Å². The molecule has 2 aliphatic rings. The molecule has 134 valence electrons. The Morgan fingerprint density at radius 3 is 2.32 bits per heavy atom. The Bertz CT molecular complexity index is 739. The number of aliphatic carboxylic acids is 1. The molecule has 2 aliphatic carbocycles. The van der Waals surface area contributed by atoms with Crippen LogP contribution in [0.1, 0.15) is 26.7 Å². The number of carboxylic acid groups (broad SMARTS) is 1. The van der Waals surface area contributed by atoms with Gasteiger partial charge in [0.1, 0.15) is 5.75 Å². The molecule has 25 heavy (non-hydrogen) atoms. The van der Waals surface area contributed by atoms with Gasteiger partial charge < -0.3 is 20.5 Å². The summed E-state index contributed by atoms with van der Waals surface area (Å²) in [5.41, 5.74) is 0.395. The number of rotatable bonds is 6. The van der Waals surface area contributed by atoms with Gasteiger partial charge in [0.05, 0.1) is 24.6 Å². The second kappa shape index (κ2) is 6.06. The third kappa shape index (κ3) is 3.31. The minimum absolute atomic E-state index is 0.0308. The van der Waals surface area contributed by atoms with Crippen molar-refractivity contribution in [3.05, 3.63) is 18.2 Å². The van der Waals surface area contributed by atoms with Crippen molar-refractivity contribution in [1.29, 1.82) is 0 Å². The van der Waals surface area contributed by atoms with E-state index < -0.39 is 23.2 Å². The number of hydrogen-bond donors (Lipinski definition) is 3. The molecule has 0 bridgehead atoms. The number of carboxylic acids is 1. The number of methoxy groups -OCH3 is 1. The van der Waals surface area contributed by atoms with E-state index in [0.29, 0.717) is 17.1 Å². The Kier molecular flexibility index (Phi) is 4.18. The largest absolute Gasteiger partial charge is 0.495 e. The molecule has 2 amide bonds. The monoisotopic (exact) mass is 346 g/mol. The van der Waals surface area contributed by atoms with Crippen LogP contribution < -0.4 is 15.4 Å². The SMILES string of the molecule is COc1ccc(NC(=O)C2CC2)cc1NC(=O)[C@H]1[C@@H](C(=O)O)C1(C)C. The molecule has 0 aliphatic heterocycles. The van der Waals surface area contributed by atoms with Crippen LogP contribution in [0.5, 0.6) is 5.75 Å². The zero-order valence-electron chi connectivity index (χ0n) is 14.5. The third-order valence-electron chi connectivity index (χ3n) is 5.05. The van der Waals surface area contributed by atoms with E-state index >= 15 is 0 Å². The highest BCUT2D eigenvalue weighted by molar-refractivity contribution is 6.01. The fraction of sp³-hybridized carbons (Fsp3) is 0.500. The van der Waals surface area contributed by atoms with Crippen molar-refractivity contribution in [2.45, 2.75) is 26.7 Å². The topological polar surface area (TPSA) is 105 Å². The summed E-state index contributed by atoms with van der Waals surface area (Å²) in [5.74, 6) is -2.14. The summed E-state index contributed by atoms with van der Waals surface area (Å²) in [6.07, 6.45) is 1.80. The van der Waals surface area contributed by atoms with Crippen LogP contribution in [0.25, 0.3) is 0 Å². The fourth-order valence-electron chi connectivity index (χ4n) is 3.27. The van der Waals surface area contributed by atoms with Crippen molar-refractivity contribution < 1.29 is 24.2 Å². The number of amides is 2. The summed E-state index contributed by atoms with van der Waals surface area (Å²) >= 11 is 0. The molecule has 2 fully saturated rings. The molecule has 7 nitrogen and oxygen atoms in total. The van der Waals surface area contributed by atoms with Crippen molar-refractivity contribution >= 4 is 29.2 Å². The number of hydrogen-bond acceptors (Lipinski definition) is 4. The number of ether oxygens (including phenoxy) is 1. The van der Waals surface area contributed by atoms with E-state index in [1.807, 2.05) is 0 Å². The summed E-state index contributed by atoms with van der Waals surface area (Å²) in [6.45, 7) is 3.53. The number of benzene rings is 1. The van der Waals surface area contributed by atoms with E-state index in [4.69, 9.17) is 4.74 Å². The van der Waals surface area contributed by atoms with Crippen molar-refractivity contribution in [2.24, 2.45) is 23.2 Å². The quantitative estimate of drug-likeness (QED) is 0.733. The standard InChI is InChI=1S/C18H22N2O5/c1-18(2)13(14(18)17(23)24)16(22)20-11-8-10(6-7-12(11)25-3)19-15(21)9-4-5-9/h6-9,13-14H,4-5H2,1-3H3,(H,19,21)(H,20,22)(H,23,24)/t13-,14+/m1/s1. The molecule has 3 N–H and O–H groups in total. The second-order valence-corrected chi connectivity index (χ2v) is 7.28. The van der Waals surface area contributed by atoms with Gasteiger partial charge in [0.15, 0.2) is 0 Å². The smallest absolute Gasteiger partial charge is 0.307 e. The lowest BCUT2D eigenvalue weighted by Gasteiger charge is -2.13. The molecule has 1 aromatic carbocycles. The lowest BCUT2D eigenvalue weighted by atomic mass is 10.1. The van der Waals surface area contributed by atoms with Gasteiger partial charge in [0.25, 0.3) is 0 Å². The van der Waals surface area contributed by atoms with Crippen LogP contribution in [0, 0.1) is 23.2 Å². The average Bonchev–Trinajstić information content (AvgIpc) is 3.42. The van der Waals surface area contributed by atoms with Crippen LogP contribution in [0.15, 0.2) is 18.2 Å². The summed E-state index contributed by atoms with van der Waals surface area (Å²) < 4.78 is 5.25. The Hall–Kier alpha value is -2.57. The van der Waals surface area contributed by atoms with Crippen molar-refractivity contribution in [2.75, 3.05) is 17.7 Å². The van der Waals surface area contributed by atoms with E-state index in [0.717, 1.165) is 12.8 Å². The summed E-state index contributed by atoms with van der Waals surface area (Å²) in [7, 11) is 1.48.